The molecule has 1 N–H and O–H groups in total. The van der Waals surface area contributed by atoms with E-state index in [0.717, 1.165) is 49.2 Å². The number of methoxy groups -OCH3 is 1. The van der Waals surface area contributed by atoms with Crippen molar-refractivity contribution in [1.29, 1.82) is 0 Å². The first-order valence-electron chi connectivity index (χ1n) is 11.9. The number of amides is 2. The molecule has 8 nitrogen and oxygen atoms in total. The molecule has 8 heteroatoms. The van der Waals surface area contributed by atoms with E-state index in [1.807, 2.05) is 33.8 Å². The number of ether oxygens (including phenoxy) is 3. The van der Waals surface area contributed by atoms with Crippen LogP contribution >= 0.6 is 0 Å². The number of carbonyl (C=O) groups is 2. The minimum absolute atomic E-state index is 0.0328. The lowest BCUT2D eigenvalue weighted by Crippen LogP contribution is -2.52. The molecule has 184 valence electrons. The number of hydrogen-bond donors (Lipinski definition) is 1. The summed E-state index contributed by atoms with van der Waals surface area (Å²) >= 11 is 0. The molecule has 0 aromatic heterocycles. The molecule has 0 radical (unpaired) electrons. The molecule has 2 aliphatic heterocycles. The Kier molecular flexibility index (Phi) is 8.23. The first-order valence-corrected chi connectivity index (χ1v) is 11.9. The number of piperidine rings is 1. The Bertz CT molecular complexity index is 830. The van der Waals surface area contributed by atoms with Crippen molar-refractivity contribution in [1.82, 2.24) is 15.3 Å². The molecule has 2 aliphatic rings. The fourth-order valence-electron chi connectivity index (χ4n) is 4.94. The first kappa shape index (κ1) is 25.3. The number of nitrogens with one attached hydrogen (secondary N) is 1. The van der Waals surface area contributed by atoms with Gasteiger partial charge in [0.2, 0.25) is 6.41 Å². The molecule has 0 spiro atoms. The highest BCUT2D eigenvalue weighted by molar-refractivity contribution is 5.67. The number of nitrogens with zero attached hydrogens (tertiary/aromatic N) is 2. The van der Waals surface area contributed by atoms with Gasteiger partial charge >= 0.3 is 6.09 Å². The molecule has 0 unspecified atom stereocenters. The molecule has 0 saturated carbocycles. The van der Waals surface area contributed by atoms with Gasteiger partial charge in [-0.05, 0) is 64.5 Å². The van der Waals surface area contributed by atoms with Crippen molar-refractivity contribution in [2.24, 2.45) is 5.92 Å². The summed E-state index contributed by atoms with van der Waals surface area (Å²) in [6.07, 6.45) is 2.86. The number of hydrazine groups is 1. The zero-order chi connectivity index (χ0) is 24.2. The van der Waals surface area contributed by atoms with Gasteiger partial charge in [0.05, 0.1) is 13.2 Å². The topological polar surface area (TPSA) is 80.3 Å². The van der Waals surface area contributed by atoms with E-state index in [-0.39, 0.29) is 18.3 Å². The zero-order valence-electron chi connectivity index (χ0n) is 20.8. The van der Waals surface area contributed by atoms with Gasteiger partial charge in [0.25, 0.3) is 0 Å². The molecule has 33 heavy (non-hydrogen) atoms. The standard InChI is InChI=1S/C25H39N3O5/c1-7-28(24(30)33-25(3,4)5)27-12-10-18(11-13-27)21-14-20-19(22(32-21)15-26-16-29)9-8-17(2)23(20)31-6/h8-9,16,18,21-22H,7,10-15H2,1-6H3,(H,26,29)/t21-,22-/m0/s1. The van der Waals surface area contributed by atoms with Gasteiger partial charge in [0.1, 0.15) is 17.5 Å². The summed E-state index contributed by atoms with van der Waals surface area (Å²) in [7, 11) is 1.71. The van der Waals surface area contributed by atoms with Crippen LogP contribution < -0.4 is 10.1 Å². The number of fused-ring (bicyclic) bond motifs is 1. The second-order valence-electron chi connectivity index (χ2n) is 9.86. The smallest absolute Gasteiger partial charge is 0.424 e. The Morgan fingerprint density at radius 1 is 1.30 bits per heavy atom. The van der Waals surface area contributed by atoms with Crippen molar-refractivity contribution in [3.63, 3.8) is 0 Å². The molecule has 0 bridgehead atoms. The van der Waals surface area contributed by atoms with Gasteiger partial charge in [-0.25, -0.2) is 14.8 Å². The van der Waals surface area contributed by atoms with Crippen LogP contribution in [-0.2, 0) is 20.7 Å². The van der Waals surface area contributed by atoms with Crippen molar-refractivity contribution in [2.45, 2.75) is 71.7 Å². The van der Waals surface area contributed by atoms with Gasteiger partial charge in [0.15, 0.2) is 0 Å². The lowest BCUT2D eigenvalue weighted by atomic mass is 9.83. The lowest BCUT2D eigenvalue weighted by molar-refractivity contribution is -0.113. The average Bonchev–Trinajstić information content (AvgIpc) is 2.77. The Morgan fingerprint density at radius 2 is 2.00 bits per heavy atom. The van der Waals surface area contributed by atoms with Crippen LogP contribution in [-0.4, -0.2) is 67.5 Å². The van der Waals surface area contributed by atoms with Gasteiger partial charge in [0, 0.05) is 38.2 Å². The van der Waals surface area contributed by atoms with Gasteiger partial charge < -0.3 is 19.5 Å². The third kappa shape index (κ3) is 5.98. The number of rotatable bonds is 7. The highest BCUT2D eigenvalue weighted by Crippen LogP contribution is 2.41. The monoisotopic (exact) mass is 461 g/mol. The molecule has 0 aliphatic carbocycles. The number of carbonyl (C=O) groups excluding carboxylic acids is 2. The fourth-order valence-corrected chi connectivity index (χ4v) is 4.94. The SMILES string of the molecule is CCN(C(=O)OC(C)(C)C)N1CCC([C@@H]2Cc3c(ccc(C)c3OC)[C@H](CNC=O)O2)CC1. The summed E-state index contributed by atoms with van der Waals surface area (Å²) < 4.78 is 17.9. The molecule has 3 rings (SSSR count). The second-order valence-corrected chi connectivity index (χ2v) is 9.86. The van der Waals surface area contributed by atoms with Crippen molar-refractivity contribution in [3.05, 3.63) is 28.8 Å². The molecule has 2 atom stereocenters. The van der Waals surface area contributed by atoms with Gasteiger partial charge in [-0.15, -0.1) is 0 Å². The Balaban J connectivity index is 1.71. The van der Waals surface area contributed by atoms with Gasteiger partial charge in [-0.3, -0.25) is 4.79 Å². The van der Waals surface area contributed by atoms with E-state index in [2.05, 4.69) is 23.3 Å². The molecule has 1 saturated heterocycles. The van der Waals surface area contributed by atoms with E-state index in [0.29, 0.717) is 25.4 Å². The number of benzene rings is 1. The highest BCUT2D eigenvalue weighted by Gasteiger charge is 2.37. The second kappa shape index (κ2) is 10.7. The van der Waals surface area contributed by atoms with E-state index < -0.39 is 5.60 Å². The largest absolute Gasteiger partial charge is 0.496 e. The minimum atomic E-state index is -0.520. The molecular weight excluding hydrogens is 422 g/mol. The zero-order valence-corrected chi connectivity index (χ0v) is 20.8. The quantitative estimate of drug-likeness (QED) is 0.625. The molecule has 2 heterocycles. The Labute approximate surface area is 197 Å². The predicted octanol–water partition coefficient (Wildman–Crippen LogP) is 3.62. The van der Waals surface area contributed by atoms with E-state index in [4.69, 9.17) is 14.2 Å². The molecule has 1 fully saturated rings. The highest BCUT2D eigenvalue weighted by atomic mass is 16.6. The van der Waals surface area contributed by atoms with Crippen LogP contribution in [0.15, 0.2) is 12.1 Å². The van der Waals surface area contributed by atoms with Gasteiger partial charge in [-0.1, -0.05) is 12.1 Å². The Morgan fingerprint density at radius 3 is 2.58 bits per heavy atom. The molecule has 2 amide bonds. The number of hydrogen-bond acceptors (Lipinski definition) is 6. The van der Waals surface area contributed by atoms with Crippen LogP contribution in [0.25, 0.3) is 0 Å². The third-order valence-corrected chi connectivity index (χ3v) is 6.46. The summed E-state index contributed by atoms with van der Waals surface area (Å²) in [5, 5.41) is 6.59. The Hall–Kier alpha value is -2.32. The normalized spacial score (nSPS) is 21.8. The molecule has 1 aromatic rings. The number of aryl methyl sites for hydroxylation is 1. The van der Waals surface area contributed by atoms with E-state index in [9.17, 15) is 9.59 Å². The average molecular weight is 462 g/mol. The fraction of sp³-hybridized carbons (Fsp3) is 0.680. The summed E-state index contributed by atoms with van der Waals surface area (Å²) in [6, 6.07) is 4.13. The maximum Gasteiger partial charge on any atom is 0.424 e. The van der Waals surface area contributed by atoms with Crippen molar-refractivity contribution >= 4 is 12.5 Å². The summed E-state index contributed by atoms with van der Waals surface area (Å²) in [5.74, 6) is 1.27. The molecule has 1 aromatic carbocycles. The van der Waals surface area contributed by atoms with Crippen molar-refractivity contribution in [2.75, 3.05) is 33.3 Å². The first-order chi connectivity index (χ1) is 15.7. The molecular formula is C25H39N3O5. The lowest BCUT2D eigenvalue weighted by Gasteiger charge is -2.43. The maximum absolute atomic E-state index is 12.6. The van der Waals surface area contributed by atoms with Crippen LogP contribution in [0.4, 0.5) is 4.79 Å². The van der Waals surface area contributed by atoms with E-state index >= 15 is 0 Å². The van der Waals surface area contributed by atoms with Crippen LogP contribution in [0.3, 0.4) is 0 Å². The van der Waals surface area contributed by atoms with E-state index in [1.165, 1.54) is 5.56 Å². The van der Waals surface area contributed by atoms with Crippen LogP contribution in [0.2, 0.25) is 0 Å². The summed E-state index contributed by atoms with van der Waals surface area (Å²) in [4.78, 5) is 23.6. The van der Waals surface area contributed by atoms with Crippen molar-refractivity contribution < 1.29 is 23.8 Å². The van der Waals surface area contributed by atoms with E-state index in [1.54, 1.807) is 12.1 Å². The summed E-state index contributed by atoms with van der Waals surface area (Å²) in [6.45, 7) is 12.2. The predicted molar refractivity (Wildman–Crippen MR) is 126 cm³/mol. The summed E-state index contributed by atoms with van der Waals surface area (Å²) in [5.41, 5.74) is 2.85. The third-order valence-electron chi connectivity index (χ3n) is 6.46. The van der Waals surface area contributed by atoms with Crippen molar-refractivity contribution in [3.8, 4) is 5.75 Å². The van der Waals surface area contributed by atoms with Crippen LogP contribution in [0.5, 0.6) is 5.75 Å². The van der Waals surface area contributed by atoms with Gasteiger partial charge in [-0.2, -0.15) is 0 Å². The van der Waals surface area contributed by atoms with Crippen LogP contribution in [0, 0.1) is 12.8 Å². The minimum Gasteiger partial charge on any atom is -0.496 e. The maximum atomic E-state index is 12.6. The van der Waals surface area contributed by atoms with Crippen LogP contribution in [0.1, 0.15) is 63.3 Å².